The molecule has 132 valence electrons. The van der Waals surface area contributed by atoms with Gasteiger partial charge in [-0.05, 0) is 31.4 Å². The van der Waals surface area contributed by atoms with Gasteiger partial charge < -0.3 is 9.52 Å². The van der Waals surface area contributed by atoms with E-state index in [1.54, 1.807) is 0 Å². The zero-order valence-corrected chi connectivity index (χ0v) is 15.5. The lowest BCUT2D eigenvalue weighted by atomic mass is 9.85. The standard InChI is InChI=1S/C21H36O2/c1-5-13-19-15-16-20(23-19)14-11-9-7-6-8-10-12-17-21(3,4)18(2)22/h15-16,22H,2,5-14,17H2,1,3-4H3. The van der Waals surface area contributed by atoms with Crippen LogP contribution in [0.3, 0.4) is 0 Å². The lowest BCUT2D eigenvalue weighted by molar-refractivity contribution is 0.240. The summed E-state index contributed by atoms with van der Waals surface area (Å²) in [6.07, 6.45) is 13.2. The minimum Gasteiger partial charge on any atom is -0.512 e. The lowest BCUT2D eigenvalue weighted by Crippen LogP contribution is -2.13. The van der Waals surface area contributed by atoms with E-state index >= 15 is 0 Å². The minimum atomic E-state index is -0.125. The van der Waals surface area contributed by atoms with Crippen LogP contribution in [0.1, 0.15) is 90.1 Å². The highest BCUT2D eigenvalue weighted by Crippen LogP contribution is 2.29. The van der Waals surface area contributed by atoms with Gasteiger partial charge in [0, 0.05) is 18.3 Å². The Hall–Kier alpha value is -1.18. The molecule has 0 radical (unpaired) electrons. The second-order valence-electron chi connectivity index (χ2n) is 7.42. The molecule has 1 heterocycles. The molecule has 0 amide bonds. The molecule has 0 fully saturated rings. The van der Waals surface area contributed by atoms with Crippen LogP contribution >= 0.6 is 0 Å². The highest BCUT2D eigenvalue weighted by atomic mass is 16.3. The molecule has 1 rings (SSSR count). The van der Waals surface area contributed by atoms with E-state index in [4.69, 9.17) is 4.42 Å². The molecule has 0 saturated heterocycles. The van der Waals surface area contributed by atoms with Crippen LogP contribution in [0.2, 0.25) is 0 Å². The number of aliphatic hydroxyl groups is 1. The predicted octanol–water partition coefficient (Wildman–Crippen LogP) is 6.99. The zero-order chi connectivity index (χ0) is 17.1. The quantitative estimate of drug-likeness (QED) is 0.314. The maximum atomic E-state index is 9.50. The average molecular weight is 321 g/mol. The number of unbranched alkanes of at least 4 members (excludes halogenated alkanes) is 6. The molecular formula is C21H36O2. The molecule has 1 aromatic heterocycles. The van der Waals surface area contributed by atoms with E-state index in [0.717, 1.165) is 37.2 Å². The summed E-state index contributed by atoms with van der Waals surface area (Å²) in [5.74, 6) is 2.61. The summed E-state index contributed by atoms with van der Waals surface area (Å²) < 4.78 is 5.81. The second kappa shape index (κ2) is 10.6. The molecule has 0 unspecified atom stereocenters. The number of hydrogen-bond acceptors (Lipinski definition) is 2. The third-order valence-electron chi connectivity index (χ3n) is 4.72. The first kappa shape index (κ1) is 19.9. The van der Waals surface area contributed by atoms with Crippen molar-refractivity contribution in [3.63, 3.8) is 0 Å². The number of aliphatic hydroxyl groups excluding tert-OH is 1. The molecule has 1 N–H and O–H groups in total. The van der Waals surface area contributed by atoms with Crippen molar-refractivity contribution >= 4 is 0 Å². The topological polar surface area (TPSA) is 33.4 Å². The van der Waals surface area contributed by atoms with Crippen molar-refractivity contribution in [2.75, 3.05) is 0 Å². The Bertz CT molecular complexity index is 442. The van der Waals surface area contributed by atoms with E-state index in [2.05, 4.69) is 39.5 Å². The Morgan fingerprint density at radius 3 is 2.04 bits per heavy atom. The van der Waals surface area contributed by atoms with Gasteiger partial charge in [-0.15, -0.1) is 0 Å². The van der Waals surface area contributed by atoms with Crippen molar-refractivity contribution < 1.29 is 9.52 Å². The molecule has 1 aromatic rings. The smallest absolute Gasteiger partial charge is 0.104 e. The summed E-state index contributed by atoms with van der Waals surface area (Å²) in [6, 6.07) is 4.27. The Morgan fingerprint density at radius 2 is 1.48 bits per heavy atom. The van der Waals surface area contributed by atoms with Crippen LogP contribution in [-0.2, 0) is 12.8 Å². The molecule has 0 spiro atoms. The summed E-state index contributed by atoms with van der Waals surface area (Å²) in [4.78, 5) is 0. The van der Waals surface area contributed by atoms with Crippen molar-refractivity contribution in [1.82, 2.24) is 0 Å². The van der Waals surface area contributed by atoms with Gasteiger partial charge in [-0.2, -0.15) is 0 Å². The Kier molecular flexibility index (Phi) is 9.13. The highest BCUT2D eigenvalue weighted by molar-refractivity contribution is 5.07. The van der Waals surface area contributed by atoms with Crippen LogP contribution in [0.4, 0.5) is 0 Å². The average Bonchev–Trinajstić information content (AvgIpc) is 2.93. The van der Waals surface area contributed by atoms with Crippen LogP contribution in [0.5, 0.6) is 0 Å². The Morgan fingerprint density at radius 1 is 0.957 bits per heavy atom. The summed E-state index contributed by atoms with van der Waals surface area (Å²) in [7, 11) is 0. The summed E-state index contributed by atoms with van der Waals surface area (Å²) in [6.45, 7) is 9.97. The molecule has 0 atom stereocenters. The minimum absolute atomic E-state index is 0.125. The van der Waals surface area contributed by atoms with Crippen molar-refractivity contribution in [3.8, 4) is 0 Å². The fourth-order valence-electron chi connectivity index (χ4n) is 2.83. The maximum Gasteiger partial charge on any atom is 0.104 e. The first-order chi connectivity index (χ1) is 11.0. The van der Waals surface area contributed by atoms with Gasteiger partial charge in [-0.1, -0.05) is 65.9 Å². The van der Waals surface area contributed by atoms with E-state index in [1.165, 1.54) is 44.9 Å². The normalized spacial score (nSPS) is 11.8. The molecule has 0 aliphatic carbocycles. The Labute approximate surface area is 143 Å². The summed E-state index contributed by atoms with van der Waals surface area (Å²) in [5.41, 5.74) is -0.125. The molecule has 23 heavy (non-hydrogen) atoms. The van der Waals surface area contributed by atoms with Gasteiger partial charge >= 0.3 is 0 Å². The molecule has 0 aliphatic heterocycles. The van der Waals surface area contributed by atoms with Gasteiger partial charge in [0.1, 0.15) is 11.5 Å². The van der Waals surface area contributed by atoms with E-state index in [0.29, 0.717) is 5.76 Å². The van der Waals surface area contributed by atoms with E-state index in [1.807, 2.05) is 0 Å². The monoisotopic (exact) mass is 320 g/mol. The van der Waals surface area contributed by atoms with Gasteiger partial charge in [0.2, 0.25) is 0 Å². The SMILES string of the molecule is C=C(O)C(C)(C)CCCCCCCCCc1ccc(CCC)o1. The first-order valence-electron chi connectivity index (χ1n) is 9.41. The Balaban J connectivity index is 1.96. The molecule has 2 heteroatoms. The van der Waals surface area contributed by atoms with Crippen molar-refractivity contribution in [2.45, 2.75) is 91.4 Å². The fraction of sp³-hybridized carbons (Fsp3) is 0.714. The van der Waals surface area contributed by atoms with E-state index < -0.39 is 0 Å². The number of furan rings is 1. The number of aryl methyl sites for hydroxylation is 2. The van der Waals surface area contributed by atoms with Crippen LogP contribution < -0.4 is 0 Å². The van der Waals surface area contributed by atoms with Crippen LogP contribution in [0.25, 0.3) is 0 Å². The summed E-state index contributed by atoms with van der Waals surface area (Å²) in [5, 5.41) is 9.50. The molecule has 2 nitrogen and oxygen atoms in total. The van der Waals surface area contributed by atoms with E-state index in [-0.39, 0.29) is 5.41 Å². The highest BCUT2D eigenvalue weighted by Gasteiger charge is 2.20. The second-order valence-corrected chi connectivity index (χ2v) is 7.42. The third-order valence-corrected chi connectivity index (χ3v) is 4.72. The fourth-order valence-corrected chi connectivity index (χ4v) is 2.83. The van der Waals surface area contributed by atoms with Crippen LogP contribution in [0.15, 0.2) is 28.9 Å². The van der Waals surface area contributed by atoms with Gasteiger partial charge in [0.15, 0.2) is 0 Å². The molecule has 0 bridgehead atoms. The first-order valence-corrected chi connectivity index (χ1v) is 9.41. The predicted molar refractivity (Wildman–Crippen MR) is 98.9 cm³/mol. The third kappa shape index (κ3) is 8.29. The van der Waals surface area contributed by atoms with Crippen LogP contribution in [-0.4, -0.2) is 5.11 Å². The summed E-state index contributed by atoms with van der Waals surface area (Å²) >= 11 is 0. The molecule has 0 saturated carbocycles. The molecular weight excluding hydrogens is 284 g/mol. The van der Waals surface area contributed by atoms with Crippen molar-refractivity contribution in [3.05, 3.63) is 36.0 Å². The zero-order valence-electron chi connectivity index (χ0n) is 15.5. The molecule has 0 aromatic carbocycles. The lowest BCUT2D eigenvalue weighted by Gasteiger charge is -2.22. The van der Waals surface area contributed by atoms with E-state index in [9.17, 15) is 5.11 Å². The van der Waals surface area contributed by atoms with Gasteiger partial charge in [-0.25, -0.2) is 0 Å². The van der Waals surface area contributed by atoms with Crippen molar-refractivity contribution in [2.24, 2.45) is 5.41 Å². The number of hydrogen-bond donors (Lipinski definition) is 1. The largest absolute Gasteiger partial charge is 0.512 e. The maximum absolute atomic E-state index is 9.50. The van der Waals surface area contributed by atoms with Gasteiger partial charge in [0.05, 0.1) is 5.76 Å². The van der Waals surface area contributed by atoms with Gasteiger partial charge in [-0.3, -0.25) is 0 Å². The number of rotatable bonds is 13. The van der Waals surface area contributed by atoms with Crippen molar-refractivity contribution in [1.29, 1.82) is 0 Å². The number of allylic oxidation sites excluding steroid dienone is 1. The van der Waals surface area contributed by atoms with Crippen LogP contribution in [0, 0.1) is 5.41 Å². The van der Waals surface area contributed by atoms with Gasteiger partial charge in [0.25, 0.3) is 0 Å². The molecule has 0 aliphatic rings.